The molecule has 206 valence electrons. The van der Waals surface area contributed by atoms with Gasteiger partial charge in [0.1, 0.15) is 24.1 Å². The summed E-state index contributed by atoms with van der Waals surface area (Å²) in [5.74, 6) is 1.10. The van der Waals surface area contributed by atoms with Gasteiger partial charge in [-0.25, -0.2) is 24.5 Å². The molecule has 2 saturated heterocycles. The Morgan fingerprint density at radius 1 is 1.13 bits per heavy atom. The summed E-state index contributed by atoms with van der Waals surface area (Å²) in [4.78, 5) is 45.4. The number of hydrogen-bond donors (Lipinski definition) is 1. The molecule has 1 N–H and O–H groups in total. The van der Waals surface area contributed by atoms with E-state index in [1.807, 2.05) is 41.5 Å². The highest BCUT2D eigenvalue weighted by Gasteiger charge is 2.37. The first-order chi connectivity index (χ1) is 18.0. The molecule has 2 aromatic rings. The van der Waals surface area contributed by atoms with Gasteiger partial charge < -0.3 is 24.4 Å². The van der Waals surface area contributed by atoms with Crippen LogP contribution in [0.3, 0.4) is 0 Å². The fourth-order valence-electron chi connectivity index (χ4n) is 4.26. The number of carbonyl (C=O) groups is 2. The lowest BCUT2D eigenvalue weighted by atomic mass is 10.0. The number of anilines is 2. The topological polar surface area (TPSA) is 132 Å². The maximum Gasteiger partial charge on any atom is 0.415 e. The number of carbonyl (C=O) groups excluding carboxylic acids is 2. The fraction of sp³-hybridized carbons (Fsp3) is 0.615. The Kier molecular flexibility index (Phi) is 8.17. The van der Waals surface area contributed by atoms with Gasteiger partial charge in [0.05, 0.1) is 12.1 Å². The van der Waals surface area contributed by atoms with Crippen LogP contribution in [0, 0.1) is 5.92 Å². The molecule has 12 heteroatoms. The molecule has 0 bridgehead atoms. The van der Waals surface area contributed by atoms with E-state index >= 15 is 0 Å². The largest absolute Gasteiger partial charge is 0.460 e. The van der Waals surface area contributed by atoms with Crippen molar-refractivity contribution in [2.75, 3.05) is 29.9 Å². The van der Waals surface area contributed by atoms with Gasteiger partial charge in [-0.1, -0.05) is 13.8 Å². The number of ether oxygens (including phenoxy) is 3. The molecule has 2 amide bonds. The van der Waals surface area contributed by atoms with Gasteiger partial charge in [0.15, 0.2) is 0 Å². The first-order valence-corrected chi connectivity index (χ1v) is 13.0. The Labute approximate surface area is 223 Å². The number of amides is 2. The molecule has 0 saturated carbocycles. The highest BCUT2D eigenvalue weighted by atomic mass is 16.6. The number of piperidine rings is 1. The highest BCUT2D eigenvalue weighted by Crippen LogP contribution is 2.27. The first-order valence-electron chi connectivity index (χ1n) is 13.0. The third-order valence-electron chi connectivity index (χ3n) is 6.42. The van der Waals surface area contributed by atoms with Crippen LogP contribution in [0.15, 0.2) is 24.7 Å². The summed E-state index contributed by atoms with van der Waals surface area (Å²) in [7, 11) is 0. The number of rotatable bonds is 7. The van der Waals surface area contributed by atoms with Crippen molar-refractivity contribution in [3.05, 3.63) is 30.2 Å². The quantitative estimate of drug-likeness (QED) is 0.559. The molecule has 0 spiro atoms. The van der Waals surface area contributed by atoms with Crippen molar-refractivity contribution in [1.29, 1.82) is 0 Å². The molecule has 2 aromatic heterocycles. The van der Waals surface area contributed by atoms with Gasteiger partial charge in [-0.3, -0.25) is 4.90 Å². The van der Waals surface area contributed by atoms with Crippen LogP contribution in [0.5, 0.6) is 6.01 Å². The van der Waals surface area contributed by atoms with Crippen molar-refractivity contribution in [2.45, 2.75) is 78.2 Å². The van der Waals surface area contributed by atoms with Gasteiger partial charge in [0.2, 0.25) is 5.95 Å². The molecule has 2 atom stereocenters. The van der Waals surface area contributed by atoms with Crippen molar-refractivity contribution in [1.82, 2.24) is 24.8 Å². The first kappa shape index (κ1) is 27.3. The van der Waals surface area contributed by atoms with E-state index in [2.05, 4.69) is 25.3 Å². The van der Waals surface area contributed by atoms with Gasteiger partial charge >= 0.3 is 18.2 Å². The van der Waals surface area contributed by atoms with E-state index in [4.69, 9.17) is 14.2 Å². The molecule has 0 aromatic carbocycles. The Morgan fingerprint density at radius 2 is 1.82 bits per heavy atom. The second kappa shape index (κ2) is 11.4. The number of cyclic esters (lactones) is 1. The molecular weight excluding hydrogens is 490 g/mol. The Balaban J connectivity index is 1.31. The fourth-order valence-corrected chi connectivity index (χ4v) is 4.26. The lowest BCUT2D eigenvalue weighted by molar-refractivity contribution is 0.0119. The summed E-state index contributed by atoms with van der Waals surface area (Å²) in [6, 6.07) is 1.73. The average molecular weight is 528 g/mol. The minimum atomic E-state index is -0.514. The van der Waals surface area contributed by atoms with Crippen LogP contribution in [0.25, 0.3) is 0 Å². The molecule has 0 radical (unpaired) electrons. The zero-order valence-corrected chi connectivity index (χ0v) is 22.9. The molecule has 2 unspecified atom stereocenters. The zero-order chi connectivity index (χ0) is 27.4. The molecular formula is C26H37N7O5. The van der Waals surface area contributed by atoms with Crippen molar-refractivity contribution in [2.24, 2.45) is 5.92 Å². The van der Waals surface area contributed by atoms with Crippen molar-refractivity contribution >= 4 is 24.0 Å². The predicted molar refractivity (Wildman–Crippen MR) is 140 cm³/mol. The summed E-state index contributed by atoms with van der Waals surface area (Å²) < 4.78 is 16.6. The summed E-state index contributed by atoms with van der Waals surface area (Å²) in [6.45, 7) is 13.1. The molecule has 2 aliphatic rings. The van der Waals surface area contributed by atoms with Gasteiger partial charge in [0, 0.05) is 50.1 Å². The van der Waals surface area contributed by atoms with E-state index in [0.717, 1.165) is 5.56 Å². The lowest BCUT2D eigenvalue weighted by Crippen LogP contribution is -2.44. The normalized spacial score (nSPS) is 19.3. The predicted octanol–water partition coefficient (Wildman–Crippen LogP) is 4.20. The smallest absolute Gasteiger partial charge is 0.415 e. The maximum atomic E-state index is 12.3. The Morgan fingerprint density at radius 3 is 2.45 bits per heavy atom. The number of likely N-dealkylation sites (tertiary alicyclic amines) is 1. The zero-order valence-electron chi connectivity index (χ0n) is 22.9. The van der Waals surface area contributed by atoms with Gasteiger partial charge in [-0.15, -0.1) is 0 Å². The van der Waals surface area contributed by atoms with Gasteiger partial charge in [0.25, 0.3) is 0 Å². The number of nitrogens with one attached hydrogen (secondary N) is 1. The van der Waals surface area contributed by atoms with Crippen LogP contribution >= 0.6 is 0 Å². The van der Waals surface area contributed by atoms with E-state index in [0.29, 0.717) is 50.3 Å². The lowest BCUT2D eigenvalue weighted by Gasteiger charge is -2.33. The minimum absolute atomic E-state index is 0.0711. The van der Waals surface area contributed by atoms with E-state index in [-0.39, 0.29) is 30.2 Å². The van der Waals surface area contributed by atoms with Crippen molar-refractivity contribution in [3.63, 3.8) is 0 Å². The van der Waals surface area contributed by atoms with Crippen LogP contribution in [0.2, 0.25) is 0 Å². The molecule has 4 rings (SSSR count). The van der Waals surface area contributed by atoms with Crippen LogP contribution < -0.4 is 15.0 Å². The van der Waals surface area contributed by atoms with Crippen molar-refractivity contribution < 1.29 is 23.8 Å². The number of nitrogens with zero attached hydrogens (tertiary/aromatic N) is 6. The maximum absolute atomic E-state index is 12.3. The number of hydrogen-bond acceptors (Lipinski definition) is 10. The minimum Gasteiger partial charge on any atom is -0.460 e. The molecule has 2 aliphatic heterocycles. The van der Waals surface area contributed by atoms with Crippen LogP contribution in [0.1, 0.15) is 66.0 Å². The standard InChI is InChI=1S/C26H37N7O5/c1-16(2)20-15-36-25(35)33(20)21-7-10-27-22(31-21)30-17(3)18-13-28-23(29-14-18)37-19-8-11-32(12-9-19)24(34)38-26(4,5)6/h7,10,13-14,16-17,19-20H,8-9,11-12,15H2,1-6H3,(H,27,30,31). The molecule has 4 heterocycles. The average Bonchev–Trinajstić information content (AvgIpc) is 3.26. The Hall–Kier alpha value is -3.70. The van der Waals surface area contributed by atoms with Gasteiger partial charge in [-0.2, -0.15) is 4.98 Å². The van der Waals surface area contributed by atoms with Gasteiger partial charge in [-0.05, 0) is 39.7 Å². The molecule has 0 aliphatic carbocycles. The van der Waals surface area contributed by atoms with Crippen LogP contribution in [0.4, 0.5) is 21.4 Å². The summed E-state index contributed by atoms with van der Waals surface area (Å²) in [5, 5.41) is 3.24. The highest BCUT2D eigenvalue weighted by molar-refractivity contribution is 5.89. The molecule has 2 fully saturated rings. The van der Waals surface area contributed by atoms with E-state index in [9.17, 15) is 9.59 Å². The van der Waals surface area contributed by atoms with Crippen molar-refractivity contribution in [3.8, 4) is 6.01 Å². The summed E-state index contributed by atoms with van der Waals surface area (Å²) >= 11 is 0. The monoisotopic (exact) mass is 527 g/mol. The van der Waals surface area contributed by atoms with E-state index in [1.54, 1.807) is 34.5 Å². The third-order valence-corrected chi connectivity index (χ3v) is 6.42. The third kappa shape index (κ3) is 6.78. The van der Waals surface area contributed by atoms with E-state index < -0.39 is 11.7 Å². The second-order valence-corrected chi connectivity index (χ2v) is 10.9. The van der Waals surface area contributed by atoms with Crippen LogP contribution in [-0.2, 0) is 9.47 Å². The molecule has 38 heavy (non-hydrogen) atoms. The Bertz CT molecular complexity index is 1110. The van der Waals surface area contributed by atoms with Crippen LogP contribution in [-0.4, -0.2) is 74.5 Å². The number of aromatic nitrogens is 4. The summed E-state index contributed by atoms with van der Waals surface area (Å²) in [6.07, 6.45) is 5.60. The second-order valence-electron chi connectivity index (χ2n) is 10.9. The SMILES string of the molecule is CC(Nc1nccc(N2C(=O)OCC2C(C)C)n1)c1cnc(OC2CCN(C(=O)OC(C)(C)C)CC2)nc1. The molecule has 12 nitrogen and oxygen atoms in total. The summed E-state index contributed by atoms with van der Waals surface area (Å²) in [5.41, 5.74) is 0.311. The van der Waals surface area contributed by atoms with E-state index in [1.165, 1.54) is 0 Å².